The standard InChI is InChI=1S/C9H14O4/c1-6(10)13-9(12)8(11)7-4-2-3-5-7/h7-8,11H,2-5H2,1H3. The first kappa shape index (κ1) is 10.2. The second-order valence-corrected chi connectivity index (χ2v) is 3.40. The van der Waals surface area contributed by atoms with Gasteiger partial charge >= 0.3 is 11.9 Å². The number of carbonyl (C=O) groups excluding carboxylic acids is 2. The molecular formula is C9H14O4. The Balaban J connectivity index is 2.41. The Morgan fingerprint density at radius 2 is 1.92 bits per heavy atom. The molecule has 0 amide bonds. The third-order valence-corrected chi connectivity index (χ3v) is 2.33. The van der Waals surface area contributed by atoms with Crippen LogP contribution in [-0.2, 0) is 14.3 Å². The maximum Gasteiger partial charge on any atom is 0.342 e. The normalized spacial score (nSPS) is 19.8. The zero-order chi connectivity index (χ0) is 9.84. The molecule has 0 radical (unpaired) electrons. The number of ether oxygens (including phenoxy) is 1. The second kappa shape index (κ2) is 4.37. The Kier molecular flexibility index (Phi) is 3.42. The zero-order valence-electron chi connectivity index (χ0n) is 7.66. The fraction of sp³-hybridized carbons (Fsp3) is 0.778. The SMILES string of the molecule is CC(=O)OC(=O)C(O)C1CCCC1. The number of aliphatic hydroxyl groups is 1. The summed E-state index contributed by atoms with van der Waals surface area (Å²) in [6.07, 6.45) is 2.64. The lowest BCUT2D eigenvalue weighted by Crippen LogP contribution is -2.30. The van der Waals surface area contributed by atoms with Gasteiger partial charge in [0.05, 0.1) is 0 Å². The molecule has 1 rings (SSSR count). The molecule has 0 saturated heterocycles. The van der Waals surface area contributed by atoms with Crippen molar-refractivity contribution >= 4 is 11.9 Å². The molecule has 1 aliphatic rings. The van der Waals surface area contributed by atoms with Crippen molar-refractivity contribution in [3.63, 3.8) is 0 Å². The molecule has 1 N–H and O–H groups in total. The monoisotopic (exact) mass is 186 g/mol. The molecule has 0 bridgehead atoms. The van der Waals surface area contributed by atoms with E-state index in [0.717, 1.165) is 32.6 Å². The molecule has 74 valence electrons. The van der Waals surface area contributed by atoms with E-state index in [2.05, 4.69) is 4.74 Å². The van der Waals surface area contributed by atoms with E-state index in [1.807, 2.05) is 0 Å². The van der Waals surface area contributed by atoms with E-state index in [0.29, 0.717) is 0 Å². The summed E-state index contributed by atoms with van der Waals surface area (Å²) in [6, 6.07) is 0. The lowest BCUT2D eigenvalue weighted by Gasteiger charge is -2.14. The predicted molar refractivity (Wildman–Crippen MR) is 44.7 cm³/mol. The van der Waals surface area contributed by atoms with Gasteiger partial charge in [-0.15, -0.1) is 0 Å². The van der Waals surface area contributed by atoms with Crippen LogP contribution in [0.1, 0.15) is 32.6 Å². The summed E-state index contributed by atoms with van der Waals surface area (Å²) in [5.74, 6) is -1.49. The summed E-state index contributed by atoms with van der Waals surface area (Å²) in [4.78, 5) is 21.5. The van der Waals surface area contributed by atoms with Crippen molar-refractivity contribution in [3.05, 3.63) is 0 Å². The first-order chi connectivity index (χ1) is 6.11. The van der Waals surface area contributed by atoms with Crippen LogP contribution in [0.5, 0.6) is 0 Å². The molecule has 4 heteroatoms. The number of carbonyl (C=O) groups is 2. The number of hydrogen-bond acceptors (Lipinski definition) is 4. The molecule has 0 spiro atoms. The lowest BCUT2D eigenvalue weighted by molar-refractivity contribution is -0.166. The van der Waals surface area contributed by atoms with Gasteiger partial charge in [0.25, 0.3) is 0 Å². The van der Waals surface area contributed by atoms with Crippen molar-refractivity contribution in [2.75, 3.05) is 0 Å². The molecule has 0 aliphatic heterocycles. The van der Waals surface area contributed by atoms with Crippen LogP contribution in [0.3, 0.4) is 0 Å². The third-order valence-electron chi connectivity index (χ3n) is 2.33. The highest BCUT2D eigenvalue weighted by Gasteiger charge is 2.30. The quantitative estimate of drug-likeness (QED) is 0.507. The molecule has 1 unspecified atom stereocenters. The minimum Gasteiger partial charge on any atom is -0.391 e. The van der Waals surface area contributed by atoms with Crippen molar-refractivity contribution < 1.29 is 19.4 Å². The Morgan fingerprint density at radius 3 is 2.38 bits per heavy atom. The Hall–Kier alpha value is -0.900. The van der Waals surface area contributed by atoms with Gasteiger partial charge in [0.2, 0.25) is 0 Å². The maximum atomic E-state index is 11.0. The van der Waals surface area contributed by atoms with Gasteiger partial charge in [0.15, 0.2) is 6.10 Å². The average molecular weight is 186 g/mol. The predicted octanol–water partition coefficient (Wildman–Crippen LogP) is 0.627. The van der Waals surface area contributed by atoms with Gasteiger partial charge in [-0.3, -0.25) is 4.79 Å². The summed E-state index contributed by atoms with van der Waals surface area (Å²) in [5.41, 5.74) is 0. The van der Waals surface area contributed by atoms with Gasteiger partial charge in [-0.1, -0.05) is 12.8 Å². The highest BCUT2D eigenvalue weighted by molar-refractivity contribution is 5.86. The highest BCUT2D eigenvalue weighted by atomic mass is 16.6. The molecule has 1 fully saturated rings. The smallest absolute Gasteiger partial charge is 0.342 e. The Labute approximate surface area is 76.9 Å². The summed E-state index contributed by atoms with van der Waals surface area (Å²) in [5, 5.41) is 9.44. The van der Waals surface area contributed by atoms with E-state index in [1.165, 1.54) is 0 Å². The van der Waals surface area contributed by atoms with Crippen molar-refractivity contribution in [3.8, 4) is 0 Å². The van der Waals surface area contributed by atoms with Gasteiger partial charge in [0.1, 0.15) is 0 Å². The summed E-state index contributed by atoms with van der Waals surface area (Å²) >= 11 is 0. The molecule has 0 aromatic rings. The Bertz CT molecular complexity index is 206. The van der Waals surface area contributed by atoms with Crippen LogP contribution in [0.25, 0.3) is 0 Å². The van der Waals surface area contributed by atoms with E-state index < -0.39 is 18.0 Å². The van der Waals surface area contributed by atoms with Crippen molar-refractivity contribution in [2.24, 2.45) is 5.92 Å². The molecular weight excluding hydrogens is 172 g/mol. The first-order valence-electron chi connectivity index (χ1n) is 4.51. The third kappa shape index (κ3) is 2.81. The fourth-order valence-corrected chi connectivity index (χ4v) is 1.67. The molecule has 0 aromatic carbocycles. The minimum absolute atomic E-state index is 0.0214. The molecule has 1 aliphatic carbocycles. The molecule has 4 nitrogen and oxygen atoms in total. The van der Waals surface area contributed by atoms with Crippen molar-refractivity contribution in [1.29, 1.82) is 0 Å². The van der Waals surface area contributed by atoms with Crippen LogP contribution in [0, 0.1) is 5.92 Å². The van der Waals surface area contributed by atoms with Crippen LogP contribution >= 0.6 is 0 Å². The number of rotatable bonds is 2. The van der Waals surface area contributed by atoms with Crippen LogP contribution < -0.4 is 0 Å². The zero-order valence-corrected chi connectivity index (χ0v) is 7.66. The van der Waals surface area contributed by atoms with Gasteiger partial charge in [-0.25, -0.2) is 4.79 Å². The Morgan fingerprint density at radius 1 is 1.38 bits per heavy atom. The van der Waals surface area contributed by atoms with Crippen LogP contribution in [-0.4, -0.2) is 23.1 Å². The second-order valence-electron chi connectivity index (χ2n) is 3.40. The van der Waals surface area contributed by atoms with E-state index in [1.54, 1.807) is 0 Å². The fourth-order valence-electron chi connectivity index (χ4n) is 1.67. The first-order valence-corrected chi connectivity index (χ1v) is 4.51. The highest BCUT2D eigenvalue weighted by Crippen LogP contribution is 2.28. The van der Waals surface area contributed by atoms with E-state index in [4.69, 9.17) is 0 Å². The van der Waals surface area contributed by atoms with Crippen molar-refractivity contribution in [1.82, 2.24) is 0 Å². The summed E-state index contributed by atoms with van der Waals surface area (Å²) in [7, 11) is 0. The van der Waals surface area contributed by atoms with E-state index in [9.17, 15) is 14.7 Å². The number of esters is 2. The molecule has 0 heterocycles. The van der Waals surface area contributed by atoms with Crippen LogP contribution in [0.2, 0.25) is 0 Å². The average Bonchev–Trinajstić information content (AvgIpc) is 2.53. The molecule has 13 heavy (non-hydrogen) atoms. The van der Waals surface area contributed by atoms with E-state index in [-0.39, 0.29) is 5.92 Å². The molecule has 0 aromatic heterocycles. The van der Waals surface area contributed by atoms with Gasteiger partial charge in [-0.05, 0) is 18.8 Å². The number of hydrogen-bond donors (Lipinski definition) is 1. The van der Waals surface area contributed by atoms with E-state index >= 15 is 0 Å². The van der Waals surface area contributed by atoms with Crippen molar-refractivity contribution in [2.45, 2.75) is 38.7 Å². The lowest BCUT2D eigenvalue weighted by atomic mass is 10.0. The van der Waals surface area contributed by atoms with Gasteiger partial charge in [0, 0.05) is 6.92 Å². The van der Waals surface area contributed by atoms with Crippen LogP contribution in [0.15, 0.2) is 0 Å². The topological polar surface area (TPSA) is 63.6 Å². The largest absolute Gasteiger partial charge is 0.391 e. The van der Waals surface area contributed by atoms with Gasteiger partial charge < -0.3 is 9.84 Å². The van der Waals surface area contributed by atoms with Crippen LogP contribution in [0.4, 0.5) is 0 Å². The summed E-state index contributed by atoms with van der Waals surface area (Å²) in [6.45, 7) is 1.15. The maximum absolute atomic E-state index is 11.0. The molecule has 1 saturated carbocycles. The van der Waals surface area contributed by atoms with Gasteiger partial charge in [-0.2, -0.15) is 0 Å². The molecule has 1 atom stereocenters. The minimum atomic E-state index is -1.12. The summed E-state index contributed by atoms with van der Waals surface area (Å²) < 4.78 is 4.30. The number of aliphatic hydroxyl groups excluding tert-OH is 1.